The van der Waals surface area contributed by atoms with Crippen molar-refractivity contribution in [3.63, 3.8) is 0 Å². The Labute approximate surface area is 166 Å². The van der Waals surface area contributed by atoms with Gasteiger partial charge >= 0.3 is 6.09 Å². The van der Waals surface area contributed by atoms with E-state index in [9.17, 15) is 14.7 Å². The molecule has 0 aliphatic heterocycles. The minimum absolute atomic E-state index is 0.194. The number of amides is 2. The summed E-state index contributed by atoms with van der Waals surface area (Å²) in [5, 5.41) is 12.6. The van der Waals surface area contributed by atoms with Gasteiger partial charge in [0.05, 0.1) is 14.7 Å². The van der Waals surface area contributed by atoms with E-state index in [1.54, 1.807) is 6.07 Å². The summed E-state index contributed by atoms with van der Waals surface area (Å²) < 4.78 is 0.879. The highest BCUT2D eigenvalue weighted by molar-refractivity contribution is 9.11. The van der Waals surface area contributed by atoms with Crippen LogP contribution >= 0.6 is 27.3 Å². The van der Waals surface area contributed by atoms with Crippen molar-refractivity contribution in [1.29, 1.82) is 0 Å². The van der Waals surface area contributed by atoms with Gasteiger partial charge in [-0.05, 0) is 60.8 Å². The lowest BCUT2D eigenvalue weighted by Crippen LogP contribution is -2.53. The summed E-state index contributed by atoms with van der Waals surface area (Å²) in [6.07, 6.45) is -0.442. The van der Waals surface area contributed by atoms with E-state index in [4.69, 9.17) is 0 Å². The molecule has 2 N–H and O–H groups in total. The maximum absolute atomic E-state index is 12.6. The molecule has 0 unspecified atom stereocenters. The largest absolute Gasteiger partial charge is 0.465 e. The Balaban J connectivity index is 2.20. The SMILES string of the molecule is CC(C)(C)N(C[C@@H](Cc1ccccc1)NC(=O)c1ccc(Br)s1)C(=O)O. The van der Waals surface area contributed by atoms with Gasteiger partial charge in [-0.25, -0.2) is 4.79 Å². The lowest BCUT2D eigenvalue weighted by atomic mass is 10.0. The molecule has 0 bridgehead atoms. The first kappa shape index (κ1) is 20.5. The molecule has 0 saturated heterocycles. The van der Waals surface area contributed by atoms with E-state index in [2.05, 4.69) is 21.2 Å². The normalized spacial score (nSPS) is 12.5. The monoisotopic (exact) mass is 438 g/mol. The van der Waals surface area contributed by atoms with Crippen LogP contribution in [0.1, 0.15) is 36.0 Å². The van der Waals surface area contributed by atoms with Gasteiger partial charge in [0.1, 0.15) is 0 Å². The first-order chi connectivity index (χ1) is 12.2. The third kappa shape index (κ3) is 5.85. The first-order valence-corrected chi connectivity index (χ1v) is 9.88. The molecule has 2 aromatic rings. The lowest BCUT2D eigenvalue weighted by Gasteiger charge is -2.36. The Kier molecular flexibility index (Phi) is 6.83. The van der Waals surface area contributed by atoms with Crippen molar-refractivity contribution >= 4 is 39.3 Å². The quantitative estimate of drug-likeness (QED) is 0.690. The van der Waals surface area contributed by atoms with E-state index < -0.39 is 11.6 Å². The van der Waals surface area contributed by atoms with Gasteiger partial charge in [0, 0.05) is 12.1 Å². The molecule has 0 fully saturated rings. The molecule has 0 saturated carbocycles. The third-order valence-electron chi connectivity index (χ3n) is 3.90. The number of halogens is 1. The Morgan fingerprint density at radius 3 is 2.35 bits per heavy atom. The fourth-order valence-corrected chi connectivity index (χ4v) is 3.90. The van der Waals surface area contributed by atoms with Crippen molar-refractivity contribution in [2.75, 3.05) is 6.54 Å². The van der Waals surface area contributed by atoms with Crippen LogP contribution in [0.15, 0.2) is 46.3 Å². The van der Waals surface area contributed by atoms with Gasteiger partial charge in [0.25, 0.3) is 5.91 Å². The number of carbonyl (C=O) groups excluding carboxylic acids is 1. The summed E-state index contributed by atoms with van der Waals surface area (Å²) in [4.78, 5) is 26.2. The Hall–Kier alpha value is -1.86. The molecule has 0 radical (unpaired) electrons. The van der Waals surface area contributed by atoms with Gasteiger partial charge in [0.15, 0.2) is 0 Å². The highest BCUT2D eigenvalue weighted by Crippen LogP contribution is 2.22. The van der Waals surface area contributed by atoms with E-state index in [-0.39, 0.29) is 18.5 Å². The maximum atomic E-state index is 12.6. The average Bonchev–Trinajstić information content (AvgIpc) is 2.98. The fourth-order valence-electron chi connectivity index (χ4n) is 2.61. The zero-order valence-electron chi connectivity index (χ0n) is 15.0. The molecule has 1 heterocycles. The summed E-state index contributed by atoms with van der Waals surface area (Å²) in [5.74, 6) is -0.194. The van der Waals surface area contributed by atoms with Gasteiger partial charge in [-0.3, -0.25) is 4.79 Å². The summed E-state index contributed by atoms with van der Waals surface area (Å²) in [6.45, 7) is 5.75. The number of thiophene rings is 1. The van der Waals surface area contributed by atoms with E-state index in [0.717, 1.165) is 9.35 Å². The fraction of sp³-hybridized carbons (Fsp3) is 0.368. The Bertz CT molecular complexity index is 756. The summed E-state index contributed by atoms with van der Waals surface area (Å²) in [5.41, 5.74) is 0.488. The van der Waals surface area contributed by atoms with Crippen molar-refractivity contribution in [3.05, 3.63) is 56.7 Å². The number of carboxylic acid groups (broad SMARTS) is 1. The van der Waals surface area contributed by atoms with Crippen molar-refractivity contribution in [3.8, 4) is 0 Å². The van der Waals surface area contributed by atoms with Gasteiger partial charge in [0.2, 0.25) is 0 Å². The molecule has 0 aliphatic carbocycles. The minimum atomic E-state index is -0.997. The summed E-state index contributed by atoms with van der Waals surface area (Å²) in [7, 11) is 0. The molecule has 0 aliphatic rings. The van der Waals surface area contributed by atoms with Crippen LogP contribution in [0.3, 0.4) is 0 Å². The van der Waals surface area contributed by atoms with Crippen molar-refractivity contribution in [2.45, 2.75) is 38.8 Å². The number of rotatable bonds is 6. The molecule has 2 rings (SSSR count). The molecule has 0 spiro atoms. The second kappa shape index (κ2) is 8.68. The van der Waals surface area contributed by atoms with Crippen LogP contribution in [0.5, 0.6) is 0 Å². The highest BCUT2D eigenvalue weighted by Gasteiger charge is 2.29. The van der Waals surface area contributed by atoms with Crippen LogP contribution in [-0.4, -0.2) is 40.1 Å². The maximum Gasteiger partial charge on any atom is 0.407 e. The molecule has 7 heteroatoms. The number of benzene rings is 1. The molecule has 5 nitrogen and oxygen atoms in total. The summed E-state index contributed by atoms with van der Waals surface area (Å²) >= 11 is 4.71. The predicted octanol–water partition coefficient (Wildman–Crippen LogP) is 4.63. The van der Waals surface area contributed by atoms with Crippen LogP contribution < -0.4 is 5.32 Å². The lowest BCUT2D eigenvalue weighted by molar-refractivity contribution is 0.0824. The van der Waals surface area contributed by atoms with Crippen molar-refractivity contribution < 1.29 is 14.7 Å². The molecular weight excluding hydrogens is 416 g/mol. The molecule has 26 heavy (non-hydrogen) atoms. The minimum Gasteiger partial charge on any atom is -0.465 e. The topological polar surface area (TPSA) is 69.6 Å². The van der Waals surface area contributed by atoms with Crippen LogP contribution in [0.2, 0.25) is 0 Å². The van der Waals surface area contributed by atoms with E-state index in [1.165, 1.54) is 16.2 Å². The smallest absolute Gasteiger partial charge is 0.407 e. The second-order valence-electron chi connectivity index (χ2n) is 7.03. The molecule has 140 valence electrons. The average molecular weight is 439 g/mol. The summed E-state index contributed by atoms with van der Waals surface area (Å²) in [6, 6.07) is 13.0. The van der Waals surface area contributed by atoms with Gasteiger partial charge in [-0.1, -0.05) is 30.3 Å². The van der Waals surface area contributed by atoms with Crippen molar-refractivity contribution in [1.82, 2.24) is 10.2 Å². The van der Waals surface area contributed by atoms with Crippen LogP contribution in [0, 0.1) is 0 Å². The van der Waals surface area contributed by atoms with Crippen LogP contribution in [-0.2, 0) is 6.42 Å². The van der Waals surface area contributed by atoms with E-state index in [1.807, 2.05) is 57.2 Å². The van der Waals surface area contributed by atoms with Crippen LogP contribution in [0.4, 0.5) is 4.79 Å². The number of carbonyl (C=O) groups is 2. The number of nitrogens with one attached hydrogen (secondary N) is 1. The van der Waals surface area contributed by atoms with Crippen molar-refractivity contribution in [2.24, 2.45) is 0 Å². The molecule has 1 aromatic carbocycles. The van der Waals surface area contributed by atoms with Crippen LogP contribution in [0.25, 0.3) is 0 Å². The number of nitrogens with zero attached hydrogens (tertiary/aromatic N) is 1. The molecule has 2 amide bonds. The van der Waals surface area contributed by atoms with E-state index >= 15 is 0 Å². The van der Waals surface area contributed by atoms with Gasteiger partial charge in [-0.15, -0.1) is 11.3 Å². The molecular formula is C19H23BrN2O3S. The Morgan fingerprint density at radius 2 is 1.85 bits per heavy atom. The third-order valence-corrected chi connectivity index (χ3v) is 5.52. The Morgan fingerprint density at radius 1 is 1.19 bits per heavy atom. The highest BCUT2D eigenvalue weighted by atomic mass is 79.9. The van der Waals surface area contributed by atoms with Gasteiger partial charge < -0.3 is 15.3 Å². The molecule has 1 aromatic heterocycles. The predicted molar refractivity (Wildman–Crippen MR) is 108 cm³/mol. The second-order valence-corrected chi connectivity index (χ2v) is 9.49. The standard InChI is InChI=1S/C19H23BrN2O3S/c1-19(2,3)22(18(24)25)12-14(11-13-7-5-4-6-8-13)21-17(23)15-9-10-16(20)26-15/h4-10,14H,11-12H2,1-3H3,(H,21,23)(H,24,25)/t14-/m1/s1. The van der Waals surface area contributed by atoms with E-state index in [0.29, 0.717) is 11.3 Å². The zero-order chi connectivity index (χ0) is 19.3. The first-order valence-electron chi connectivity index (χ1n) is 8.27. The zero-order valence-corrected chi connectivity index (χ0v) is 17.4. The molecule has 1 atom stereocenters. The number of hydrogen-bond donors (Lipinski definition) is 2. The van der Waals surface area contributed by atoms with Gasteiger partial charge in [-0.2, -0.15) is 0 Å². The number of hydrogen-bond acceptors (Lipinski definition) is 3.